The minimum atomic E-state index is -0.387. The number of nitrogens with zero attached hydrogens (tertiary/aromatic N) is 5. The van der Waals surface area contributed by atoms with Gasteiger partial charge in [0.25, 0.3) is 5.88 Å². The van der Waals surface area contributed by atoms with E-state index in [1.807, 2.05) is 32.9 Å². The van der Waals surface area contributed by atoms with E-state index < -0.39 is 0 Å². The van der Waals surface area contributed by atoms with E-state index in [4.69, 9.17) is 14.2 Å². The van der Waals surface area contributed by atoms with E-state index in [2.05, 4.69) is 31.6 Å². The number of aryl methyl sites for hydroxylation is 1. The molecule has 1 aromatic carbocycles. The summed E-state index contributed by atoms with van der Waals surface area (Å²) in [7, 11) is 1.52. The maximum absolute atomic E-state index is 12.2. The number of anilines is 1. The van der Waals surface area contributed by atoms with Crippen LogP contribution in [0.15, 0.2) is 31.0 Å². The zero-order valence-corrected chi connectivity index (χ0v) is 19.7. The van der Waals surface area contributed by atoms with Crippen molar-refractivity contribution in [1.29, 1.82) is 0 Å². The van der Waals surface area contributed by atoms with Crippen molar-refractivity contribution >= 4 is 22.6 Å². The second-order valence-electron chi connectivity index (χ2n) is 8.69. The molecule has 2 aliphatic rings. The summed E-state index contributed by atoms with van der Waals surface area (Å²) < 4.78 is 18.3. The third kappa shape index (κ3) is 3.59. The maximum atomic E-state index is 12.2. The van der Waals surface area contributed by atoms with Gasteiger partial charge in [0.2, 0.25) is 11.7 Å². The molecule has 5 rings (SSSR count). The van der Waals surface area contributed by atoms with E-state index in [0.29, 0.717) is 37.1 Å². The van der Waals surface area contributed by atoms with Gasteiger partial charge >= 0.3 is 6.01 Å². The van der Waals surface area contributed by atoms with Crippen LogP contribution >= 0.6 is 0 Å². The number of nitrogens with one attached hydrogen (secondary N) is 1. The fourth-order valence-electron chi connectivity index (χ4n) is 4.77. The van der Waals surface area contributed by atoms with E-state index in [9.17, 15) is 4.79 Å². The molecule has 10 nitrogen and oxygen atoms in total. The van der Waals surface area contributed by atoms with Crippen molar-refractivity contribution in [2.75, 3.05) is 31.6 Å². The Bertz CT molecular complexity index is 1260. The molecule has 3 aromatic rings. The Labute approximate surface area is 197 Å². The molecule has 1 amide bonds. The van der Waals surface area contributed by atoms with Crippen molar-refractivity contribution in [3.63, 3.8) is 0 Å². The number of H-pyrrole nitrogens is 1. The fraction of sp³-hybridized carbons (Fsp3) is 0.417. The quantitative estimate of drug-likeness (QED) is 0.588. The topological polar surface area (TPSA) is 106 Å². The highest BCUT2D eigenvalue weighted by atomic mass is 16.6. The molecule has 0 saturated carbocycles. The van der Waals surface area contributed by atoms with Crippen LogP contribution in [0.5, 0.6) is 17.6 Å². The standard InChI is InChI=1S/C24H28N6O4/c1-6-18(31)30-10-9-29(12-14(30)3)22-21-23(27-24(26-22)32-5)34-20(15(4)33-21)19-13(2)7-8-17-16(19)11-25-28-17/h6-8,11,14-15,20H,1,9-10,12H2,2-5H3,(H,25,28)/t14-,15-,20?/m1/s1. The summed E-state index contributed by atoms with van der Waals surface area (Å²) in [5, 5.41) is 8.20. The van der Waals surface area contributed by atoms with Crippen molar-refractivity contribution in [1.82, 2.24) is 25.1 Å². The number of aromatic nitrogens is 4. The summed E-state index contributed by atoms with van der Waals surface area (Å²) in [5.41, 5.74) is 3.02. The minimum Gasteiger partial charge on any atom is -0.478 e. The summed E-state index contributed by atoms with van der Waals surface area (Å²) in [6.07, 6.45) is 2.47. The molecular weight excluding hydrogens is 436 g/mol. The van der Waals surface area contributed by atoms with Crippen LogP contribution in [0.2, 0.25) is 0 Å². The number of aromatic amines is 1. The number of carbonyl (C=O) groups excluding carboxylic acids is 1. The van der Waals surface area contributed by atoms with Crippen LogP contribution in [-0.4, -0.2) is 69.9 Å². The zero-order chi connectivity index (χ0) is 24.0. The second-order valence-corrected chi connectivity index (χ2v) is 8.69. The molecule has 4 heterocycles. The van der Waals surface area contributed by atoms with Crippen LogP contribution in [-0.2, 0) is 4.79 Å². The molecule has 10 heteroatoms. The average Bonchev–Trinajstić information content (AvgIpc) is 3.31. The Kier molecular flexibility index (Phi) is 5.51. The molecular formula is C24H28N6O4. The monoisotopic (exact) mass is 464 g/mol. The lowest BCUT2D eigenvalue weighted by atomic mass is 9.95. The van der Waals surface area contributed by atoms with Crippen molar-refractivity contribution < 1.29 is 19.0 Å². The van der Waals surface area contributed by atoms with Crippen molar-refractivity contribution in [3.05, 3.63) is 42.1 Å². The first kappa shape index (κ1) is 22.0. The zero-order valence-electron chi connectivity index (χ0n) is 19.7. The van der Waals surface area contributed by atoms with Crippen LogP contribution < -0.4 is 19.1 Å². The Morgan fingerprint density at radius 3 is 2.82 bits per heavy atom. The first-order valence-electron chi connectivity index (χ1n) is 11.3. The second kappa shape index (κ2) is 8.51. The van der Waals surface area contributed by atoms with Crippen LogP contribution in [0.1, 0.15) is 31.1 Å². The Balaban J connectivity index is 1.51. The summed E-state index contributed by atoms with van der Waals surface area (Å²) in [4.78, 5) is 25.1. The number of amides is 1. The molecule has 3 atom stereocenters. The summed E-state index contributed by atoms with van der Waals surface area (Å²) >= 11 is 0. The SMILES string of the molecule is C=CC(=O)N1CCN(c2nc(OC)nc3c2O[C@H](C)C(c2c(C)ccc4[nH]ncc24)O3)C[C@H]1C. The van der Waals surface area contributed by atoms with Gasteiger partial charge in [0.05, 0.1) is 18.8 Å². The van der Waals surface area contributed by atoms with Gasteiger partial charge in [0, 0.05) is 36.6 Å². The molecule has 0 aliphatic carbocycles. The van der Waals surface area contributed by atoms with Crippen LogP contribution in [0.25, 0.3) is 10.9 Å². The number of hydrogen-bond acceptors (Lipinski definition) is 8. The Hall–Kier alpha value is -3.82. The van der Waals surface area contributed by atoms with E-state index in [0.717, 1.165) is 22.0 Å². The van der Waals surface area contributed by atoms with Gasteiger partial charge in [0.15, 0.2) is 11.9 Å². The number of ether oxygens (including phenoxy) is 3. The maximum Gasteiger partial charge on any atom is 0.321 e. The Morgan fingerprint density at radius 1 is 1.26 bits per heavy atom. The molecule has 1 N–H and O–H groups in total. The predicted molar refractivity (Wildman–Crippen MR) is 126 cm³/mol. The number of benzene rings is 1. The first-order valence-corrected chi connectivity index (χ1v) is 11.3. The number of fused-ring (bicyclic) bond motifs is 2. The third-order valence-electron chi connectivity index (χ3n) is 6.50. The van der Waals surface area contributed by atoms with Gasteiger partial charge in [-0.25, -0.2) is 0 Å². The highest BCUT2D eigenvalue weighted by Gasteiger charge is 2.38. The Morgan fingerprint density at radius 2 is 2.09 bits per heavy atom. The van der Waals surface area contributed by atoms with Crippen molar-refractivity contribution in [3.8, 4) is 17.6 Å². The third-order valence-corrected chi connectivity index (χ3v) is 6.50. The predicted octanol–water partition coefficient (Wildman–Crippen LogP) is 2.79. The lowest BCUT2D eigenvalue weighted by Gasteiger charge is -2.41. The number of hydrogen-bond donors (Lipinski definition) is 1. The van der Waals surface area contributed by atoms with Gasteiger partial charge in [-0.3, -0.25) is 9.89 Å². The van der Waals surface area contributed by atoms with E-state index in [1.165, 1.54) is 13.2 Å². The molecule has 0 radical (unpaired) electrons. The molecule has 2 aromatic heterocycles. The molecule has 0 bridgehead atoms. The van der Waals surface area contributed by atoms with E-state index >= 15 is 0 Å². The number of piperazine rings is 1. The fourth-order valence-corrected chi connectivity index (χ4v) is 4.77. The average molecular weight is 465 g/mol. The van der Waals surface area contributed by atoms with Gasteiger partial charge in [0.1, 0.15) is 6.10 Å². The van der Waals surface area contributed by atoms with Gasteiger partial charge < -0.3 is 24.0 Å². The van der Waals surface area contributed by atoms with Crippen LogP contribution in [0, 0.1) is 6.92 Å². The smallest absolute Gasteiger partial charge is 0.321 e. The van der Waals surface area contributed by atoms with Gasteiger partial charge in [-0.05, 0) is 38.5 Å². The van der Waals surface area contributed by atoms with Gasteiger partial charge in [-0.2, -0.15) is 15.1 Å². The highest BCUT2D eigenvalue weighted by Crippen LogP contribution is 2.46. The van der Waals surface area contributed by atoms with Crippen molar-refractivity contribution in [2.45, 2.75) is 39.0 Å². The highest BCUT2D eigenvalue weighted by molar-refractivity contribution is 5.87. The molecule has 1 fully saturated rings. The summed E-state index contributed by atoms with van der Waals surface area (Å²) in [6, 6.07) is 4.22. The summed E-state index contributed by atoms with van der Waals surface area (Å²) in [5.74, 6) is 1.34. The largest absolute Gasteiger partial charge is 0.478 e. The summed E-state index contributed by atoms with van der Waals surface area (Å²) in [6.45, 7) is 11.4. The number of methoxy groups -OCH3 is 1. The van der Waals surface area contributed by atoms with Crippen LogP contribution in [0.3, 0.4) is 0 Å². The molecule has 0 spiro atoms. The van der Waals surface area contributed by atoms with Crippen molar-refractivity contribution in [2.24, 2.45) is 0 Å². The molecule has 1 saturated heterocycles. The first-order chi connectivity index (χ1) is 16.4. The van der Waals surface area contributed by atoms with E-state index in [-0.39, 0.29) is 30.2 Å². The van der Waals surface area contributed by atoms with Crippen LogP contribution in [0.4, 0.5) is 5.82 Å². The lowest BCUT2D eigenvalue weighted by Crippen LogP contribution is -2.54. The van der Waals surface area contributed by atoms with E-state index in [1.54, 1.807) is 11.1 Å². The molecule has 178 valence electrons. The number of rotatable bonds is 4. The lowest BCUT2D eigenvalue weighted by molar-refractivity contribution is -0.128. The molecule has 1 unspecified atom stereocenters. The van der Waals surface area contributed by atoms with Gasteiger partial charge in [-0.1, -0.05) is 12.6 Å². The van der Waals surface area contributed by atoms with Gasteiger partial charge in [-0.15, -0.1) is 0 Å². The number of carbonyl (C=O) groups is 1. The minimum absolute atomic E-state index is 0.0214. The normalized spacial score (nSPS) is 22.1. The molecule has 2 aliphatic heterocycles. The molecule has 34 heavy (non-hydrogen) atoms.